The van der Waals surface area contributed by atoms with Crippen molar-refractivity contribution in [2.45, 2.75) is 76.8 Å². The Labute approximate surface area is 303 Å². The van der Waals surface area contributed by atoms with Gasteiger partial charge in [-0.15, -0.1) is 0 Å². The molecule has 6 heterocycles. The first kappa shape index (κ1) is 42.0. The van der Waals surface area contributed by atoms with Gasteiger partial charge in [-0.25, -0.2) is 19.9 Å². The molecule has 6 aromatic heterocycles. The van der Waals surface area contributed by atoms with Gasteiger partial charge in [0.25, 0.3) is 0 Å². The molecule has 0 amide bonds. The Kier molecular flexibility index (Phi) is 15.5. The number of fused-ring (bicyclic) bond motifs is 2. The van der Waals surface area contributed by atoms with Crippen molar-refractivity contribution in [3.05, 3.63) is 62.0 Å². The molecule has 6 aromatic rings. The van der Waals surface area contributed by atoms with E-state index in [1.807, 2.05) is 46.3 Å². The van der Waals surface area contributed by atoms with Gasteiger partial charge in [-0.1, -0.05) is 26.7 Å². The van der Waals surface area contributed by atoms with Crippen LogP contribution in [0.5, 0.6) is 0 Å². The maximum absolute atomic E-state index is 10.4. The number of nitrogens with zero attached hydrogens (tertiary/aromatic N) is 10. The predicted molar refractivity (Wildman–Crippen MR) is 183 cm³/mol. The number of carbonyl (C=O) groups excluding carboxylic acids is 2. The lowest BCUT2D eigenvalue weighted by Gasteiger charge is -2.12. The molecular formula is C34H34F6N12O2. The van der Waals surface area contributed by atoms with Crippen LogP contribution in [0.2, 0.25) is 0 Å². The van der Waals surface area contributed by atoms with Crippen LogP contribution in [0.15, 0.2) is 62.0 Å². The molecule has 20 heteroatoms. The monoisotopic (exact) mass is 756 g/mol. The number of aldehydes is 2. The van der Waals surface area contributed by atoms with Gasteiger partial charge in [-0.05, 0) is 25.0 Å². The Morgan fingerprint density at radius 3 is 1.39 bits per heavy atom. The van der Waals surface area contributed by atoms with E-state index < -0.39 is 24.9 Å². The average molecular weight is 757 g/mol. The highest BCUT2D eigenvalue weighted by Crippen LogP contribution is 2.28. The van der Waals surface area contributed by atoms with Crippen LogP contribution in [0, 0.1) is 22.7 Å². The van der Waals surface area contributed by atoms with E-state index >= 15 is 0 Å². The minimum absolute atomic E-state index is 0.123. The summed E-state index contributed by atoms with van der Waals surface area (Å²) in [5.41, 5.74) is 5.24. The van der Waals surface area contributed by atoms with Crippen LogP contribution in [-0.2, 0) is 9.59 Å². The summed E-state index contributed by atoms with van der Waals surface area (Å²) in [6.07, 6.45) is 7.80. The Morgan fingerprint density at radius 2 is 1.07 bits per heavy atom. The second-order valence-electron chi connectivity index (χ2n) is 11.3. The Hall–Kier alpha value is -6.44. The number of nitriles is 2. The van der Waals surface area contributed by atoms with Crippen LogP contribution in [0.1, 0.15) is 64.5 Å². The molecule has 0 unspecified atom stereocenters. The summed E-state index contributed by atoms with van der Waals surface area (Å²) in [6.45, 7) is 4.23. The van der Waals surface area contributed by atoms with Gasteiger partial charge in [-0.3, -0.25) is 19.0 Å². The zero-order chi connectivity index (χ0) is 39.7. The highest BCUT2D eigenvalue weighted by Gasteiger charge is 2.25. The zero-order valence-corrected chi connectivity index (χ0v) is 28.9. The molecule has 0 saturated heterocycles. The number of aromatic amines is 2. The molecule has 284 valence electrons. The normalized spacial score (nSPS) is 12.1. The number of hydrogen-bond donors (Lipinski definition) is 2. The summed E-state index contributed by atoms with van der Waals surface area (Å²) in [5.74, 6) is 0. The number of hydrogen-bond acceptors (Lipinski definition) is 10. The van der Waals surface area contributed by atoms with E-state index in [0.29, 0.717) is 12.8 Å². The van der Waals surface area contributed by atoms with Crippen LogP contribution >= 0.6 is 0 Å². The molecule has 0 spiro atoms. The molecule has 6 rings (SSSR count). The number of H-pyrrole nitrogens is 2. The second kappa shape index (κ2) is 20.0. The van der Waals surface area contributed by atoms with E-state index in [-0.39, 0.29) is 12.1 Å². The fourth-order valence-electron chi connectivity index (χ4n) is 5.06. The lowest BCUT2D eigenvalue weighted by Crippen LogP contribution is -2.08. The number of halogens is 6. The third-order valence-electron chi connectivity index (χ3n) is 7.37. The van der Waals surface area contributed by atoms with Crippen LogP contribution in [-0.4, -0.2) is 74.4 Å². The van der Waals surface area contributed by atoms with Crippen molar-refractivity contribution in [2.75, 3.05) is 0 Å². The fraction of sp³-hybridized carbons (Fsp3) is 0.353. The van der Waals surface area contributed by atoms with Crippen LogP contribution in [0.3, 0.4) is 0 Å². The third kappa shape index (κ3) is 12.4. The molecule has 54 heavy (non-hydrogen) atoms. The molecule has 2 atom stereocenters. The van der Waals surface area contributed by atoms with E-state index in [4.69, 9.17) is 20.1 Å². The van der Waals surface area contributed by atoms with Crippen molar-refractivity contribution in [3.8, 4) is 34.7 Å². The van der Waals surface area contributed by atoms with Gasteiger partial charge in [0.15, 0.2) is 0 Å². The van der Waals surface area contributed by atoms with Crippen molar-refractivity contribution < 1.29 is 35.9 Å². The zero-order valence-electron chi connectivity index (χ0n) is 28.9. The molecular weight excluding hydrogens is 722 g/mol. The van der Waals surface area contributed by atoms with Crippen LogP contribution in [0.25, 0.3) is 44.6 Å². The minimum Gasteiger partial charge on any atom is -0.346 e. The fourth-order valence-corrected chi connectivity index (χ4v) is 5.06. The van der Waals surface area contributed by atoms with Gasteiger partial charge in [0.2, 0.25) is 12.6 Å². The number of aromatic nitrogens is 10. The summed E-state index contributed by atoms with van der Waals surface area (Å²) in [6, 6.07) is 8.63. The van der Waals surface area contributed by atoms with Gasteiger partial charge < -0.3 is 9.97 Å². The van der Waals surface area contributed by atoms with Crippen molar-refractivity contribution in [1.82, 2.24) is 49.5 Å². The molecule has 0 saturated carbocycles. The molecule has 14 nitrogen and oxygen atoms in total. The first-order chi connectivity index (χ1) is 25.8. The largest absolute Gasteiger partial charge is 0.446 e. The number of alkyl halides is 6. The van der Waals surface area contributed by atoms with Crippen molar-refractivity contribution in [3.63, 3.8) is 0 Å². The molecule has 0 radical (unpaired) electrons. The molecule has 2 N–H and O–H groups in total. The first-order valence-corrected chi connectivity index (χ1v) is 16.2. The molecule has 0 aliphatic rings. The summed E-state index contributed by atoms with van der Waals surface area (Å²) in [7, 11) is 0. The molecule has 0 aromatic carbocycles. The third-order valence-corrected chi connectivity index (χ3v) is 7.37. The second-order valence-corrected chi connectivity index (χ2v) is 11.3. The minimum atomic E-state index is -4.64. The quantitative estimate of drug-likeness (QED) is 0.103. The van der Waals surface area contributed by atoms with Crippen molar-refractivity contribution >= 4 is 34.6 Å². The molecule has 0 aliphatic carbocycles. The lowest BCUT2D eigenvalue weighted by atomic mass is 10.1. The van der Waals surface area contributed by atoms with Gasteiger partial charge in [0, 0.05) is 46.7 Å². The summed E-state index contributed by atoms with van der Waals surface area (Å²) in [5, 5.41) is 28.7. The summed E-state index contributed by atoms with van der Waals surface area (Å²) in [4.78, 5) is 40.7. The van der Waals surface area contributed by atoms with E-state index in [1.165, 1.54) is 0 Å². The van der Waals surface area contributed by atoms with Gasteiger partial charge >= 0.3 is 12.4 Å². The van der Waals surface area contributed by atoms with E-state index in [0.717, 1.165) is 70.3 Å². The van der Waals surface area contributed by atoms with E-state index in [1.54, 1.807) is 25.0 Å². The Morgan fingerprint density at radius 1 is 0.704 bits per heavy atom. The summed E-state index contributed by atoms with van der Waals surface area (Å²) >= 11 is 0. The number of rotatable bonds is 10. The van der Waals surface area contributed by atoms with E-state index in [9.17, 15) is 26.3 Å². The van der Waals surface area contributed by atoms with Gasteiger partial charge in [0.05, 0.1) is 60.8 Å². The van der Waals surface area contributed by atoms with Crippen LogP contribution < -0.4 is 0 Å². The standard InChI is InChI=1S/2C15H16N6.2C2HF3O/c2*1-2-3-12(4-6-16)21-9-11(8-20-21)14-13-5-7-17-15(13)19-10-18-14;2*3-2(4,5)1-6/h2*5,7-10,12H,2-4H2,1H3,(H,17,18,19);2*1H/t2*12-;;/m10../s1. The first-order valence-electron chi connectivity index (χ1n) is 16.2. The SMILES string of the molecule is CCC[C@@H](CC#N)n1cc(-c2ncnc3[nH]ccc23)cn1.CCC[C@H](CC#N)n1cc(-c2ncnc3[nH]ccc23)cn1.O=CC(F)(F)F.O=CC(F)(F)F. The average Bonchev–Trinajstić information content (AvgIpc) is 3.98. The smallest absolute Gasteiger partial charge is 0.346 e. The highest BCUT2D eigenvalue weighted by molar-refractivity contribution is 5.90. The predicted octanol–water partition coefficient (Wildman–Crippen LogP) is 7.65. The number of nitrogens with one attached hydrogen (secondary N) is 2. The topological polar surface area (TPSA) is 200 Å². The maximum atomic E-state index is 10.4. The van der Waals surface area contributed by atoms with Gasteiger partial charge in [-0.2, -0.15) is 47.1 Å². The Bertz CT molecular complexity index is 2000. The van der Waals surface area contributed by atoms with Crippen LogP contribution in [0.4, 0.5) is 26.3 Å². The molecule has 0 fully saturated rings. The molecule has 0 bridgehead atoms. The van der Waals surface area contributed by atoms with Gasteiger partial charge in [0.1, 0.15) is 23.9 Å². The molecule has 0 aliphatic heterocycles. The number of carbonyl (C=O) groups is 2. The van der Waals surface area contributed by atoms with Crippen molar-refractivity contribution in [1.29, 1.82) is 10.5 Å². The van der Waals surface area contributed by atoms with Crippen molar-refractivity contribution in [2.24, 2.45) is 0 Å². The Balaban J connectivity index is 0.000000224. The summed E-state index contributed by atoms with van der Waals surface area (Å²) < 4.78 is 66.3. The van der Waals surface area contributed by atoms with E-state index in [2.05, 4.69) is 66.1 Å². The highest BCUT2D eigenvalue weighted by atomic mass is 19.4. The maximum Gasteiger partial charge on any atom is 0.446 e. The lowest BCUT2D eigenvalue weighted by molar-refractivity contribution is -0.156.